The quantitative estimate of drug-likeness (QED) is 0.540. The van der Waals surface area contributed by atoms with E-state index in [2.05, 4.69) is 4.98 Å². The molecule has 7 nitrogen and oxygen atoms in total. The van der Waals surface area contributed by atoms with Crippen molar-refractivity contribution in [3.05, 3.63) is 34.6 Å². The molecule has 0 saturated carbocycles. The van der Waals surface area contributed by atoms with Crippen LogP contribution in [-0.2, 0) is 14.6 Å². The van der Waals surface area contributed by atoms with Gasteiger partial charge in [0.2, 0.25) is 5.91 Å². The zero-order valence-corrected chi connectivity index (χ0v) is 18.1. The summed E-state index contributed by atoms with van der Waals surface area (Å²) in [7, 11) is -1.42. The van der Waals surface area contributed by atoms with Crippen LogP contribution in [0.1, 0.15) is 33.2 Å². The first-order chi connectivity index (χ1) is 13.1. The average molecular weight is 424 g/mol. The molecule has 0 aliphatic carbocycles. The van der Waals surface area contributed by atoms with Gasteiger partial charge in [-0.1, -0.05) is 23.9 Å². The van der Waals surface area contributed by atoms with Crippen molar-refractivity contribution in [1.29, 1.82) is 0 Å². The number of hydrogen-bond acceptors (Lipinski definition) is 6. The molecule has 1 fully saturated rings. The molecule has 0 N–H and O–H groups in total. The van der Waals surface area contributed by atoms with Crippen LogP contribution in [0.3, 0.4) is 0 Å². The number of nitrogens with zero attached hydrogens (tertiary/aromatic N) is 3. The number of para-hydroxylation sites is 1. The predicted octanol–water partition coefficient (Wildman–Crippen LogP) is 2.10. The van der Waals surface area contributed by atoms with Gasteiger partial charge in [0.15, 0.2) is 15.0 Å². The van der Waals surface area contributed by atoms with Crippen LogP contribution in [-0.4, -0.2) is 58.6 Å². The zero-order valence-electron chi connectivity index (χ0n) is 16.5. The van der Waals surface area contributed by atoms with Crippen LogP contribution in [0, 0.1) is 0 Å². The number of aromatic nitrogens is 2. The Kier molecular flexibility index (Phi) is 5.86. The molecule has 0 unspecified atom stereocenters. The van der Waals surface area contributed by atoms with E-state index in [4.69, 9.17) is 0 Å². The minimum atomic E-state index is -3.06. The lowest BCUT2D eigenvalue weighted by molar-refractivity contribution is -0.130. The maximum atomic E-state index is 12.9. The van der Waals surface area contributed by atoms with E-state index in [0.29, 0.717) is 22.5 Å². The molecule has 2 heterocycles. The molecule has 2 aromatic rings. The molecule has 0 spiro atoms. The first-order valence-electron chi connectivity index (χ1n) is 9.25. The number of thioether (sulfide) groups is 1. The van der Waals surface area contributed by atoms with Crippen LogP contribution in [0.15, 0.2) is 34.2 Å². The number of amides is 1. The van der Waals surface area contributed by atoms with Gasteiger partial charge in [-0.05, 0) is 39.3 Å². The lowest BCUT2D eigenvalue weighted by Gasteiger charge is -2.26. The topological polar surface area (TPSA) is 89.3 Å². The van der Waals surface area contributed by atoms with Gasteiger partial charge in [0.25, 0.3) is 5.56 Å². The molecular weight excluding hydrogens is 398 g/mol. The summed E-state index contributed by atoms with van der Waals surface area (Å²) < 4.78 is 25.0. The highest BCUT2D eigenvalue weighted by Gasteiger charge is 2.34. The molecule has 3 rings (SSSR count). The van der Waals surface area contributed by atoms with Crippen molar-refractivity contribution < 1.29 is 13.2 Å². The highest BCUT2D eigenvalue weighted by atomic mass is 32.2. The van der Waals surface area contributed by atoms with E-state index >= 15 is 0 Å². The minimum absolute atomic E-state index is 0.0115. The third kappa shape index (κ3) is 4.10. The summed E-state index contributed by atoms with van der Waals surface area (Å²) in [6.07, 6.45) is 0.465. The summed E-state index contributed by atoms with van der Waals surface area (Å²) in [4.78, 5) is 31.9. The van der Waals surface area contributed by atoms with Crippen LogP contribution < -0.4 is 5.56 Å². The number of rotatable bonds is 5. The molecule has 2 atom stereocenters. The smallest absolute Gasteiger partial charge is 0.262 e. The number of carbonyl (C=O) groups excluding carboxylic acids is 1. The van der Waals surface area contributed by atoms with Gasteiger partial charge < -0.3 is 4.90 Å². The van der Waals surface area contributed by atoms with Crippen LogP contribution >= 0.6 is 11.8 Å². The summed E-state index contributed by atoms with van der Waals surface area (Å²) >= 11 is 1.23. The second kappa shape index (κ2) is 7.87. The third-order valence-corrected chi connectivity index (χ3v) is 7.83. The minimum Gasteiger partial charge on any atom is -0.341 e. The predicted molar refractivity (Wildman–Crippen MR) is 112 cm³/mol. The Morgan fingerprint density at radius 1 is 1.29 bits per heavy atom. The second-order valence-electron chi connectivity index (χ2n) is 7.45. The number of benzene rings is 1. The van der Waals surface area contributed by atoms with Gasteiger partial charge in [0.1, 0.15) is 0 Å². The highest BCUT2D eigenvalue weighted by molar-refractivity contribution is 8.00. The lowest BCUT2D eigenvalue weighted by atomic mass is 10.2. The molecule has 1 aliphatic heterocycles. The summed E-state index contributed by atoms with van der Waals surface area (Å²) in [6, 6.07) is 6.77. The third-order valence-electron chi connectivity index (χ3n) is 5.03. The Labute approximate surface area is 169 Å². The van der Waals surface area contributed by atoms with Crippen LogP contribution in [0.4, 0.5) is 0 Å². The van der Waals surface area contributed by atoms with Crippen molar-refractivity contribution in [2.75, 3.05) is 18.6 Å². The van der Waals surface area contributed by atoms with Crippen molar-refractivity contribution in [3.8, 4) is 0 Å². The van der Waals surface area contributed by atoms with Gasteiger partial charge in [-0.25, -0.2) is 13.4 Å². The van der Waals surface area contributed by atoms with Crippen LogP contribution in [0.2, 0.25) is 0 Å². The fourth-order valence-corrected chi connectivity index (χ4v) is 6.34. The highest BCUT2D eigenvalue weighted by Crippen LogP contribution is 2.27. The zero-order chi connectivity index (χ0) is 20.6. The fourth-order valence-electron chi connectivity index (χ4n) is 3.42. The monoisotopic (exact) mass is 423 g/mol. The molecule has 1 aliphatic rings. The fraction of sp³-hybridized carbons (Fsp3) is 0.526. The van der Waals surface area contributed by atoms with E-state index in [-0.39, 0.29) is 35.1 Å². The van der Waals surface area contributed by atoms with Gasteiger partial charge in [0, 0.05) is 19.1 Å². The van der Waals surface area contributed by atoms with Gasteiger partial charge in [0.05, 0.1) is 27.7 Å². The summed E-state index contributed by atoms with van der Waals surface area (Å²) in [6.45, 7) is 5.58. The lowest BCUT2D eigenvalue weighted by Crippen LogP contribution is -2.42. The molecule has 0 radical (unpaired) electrons. The van der Waals surface area contributed by atoms with Gasteiger partial charge >= 0.3 is 0 Å². The molecule has 28 heavy (non-hydrogen) atoms. The van der Waals surface area contributed by atoms with Gasteiger partial charge in [-0.3, -0.25) is 14.2 Å². The standard InChI is InChI=1S/C19H25N3O4S2/c1-12(2)22-18(24)15-7-5-6-8-16(15)20-19(22)27-13(3)17(23)21(4)14-9-10-28(25,26)11-14/h5-8,12-14H,9-11H2,1-4H3/t13-,14+/m0/s1. The molecular formula is C19H25N3O4S2. The van der Waals surface area contributed by atoms with E-state index in [1.165, 1.54) is 16.7 Å². The molecule has 1 amide bonds. The molecule has 1 aromatic heterocycles. The van der Waals surface area contributed by atoms with Crippen molar-refractivity contribution in [2.45, 2.75) is 49.7 Å². The molecule has 1 saturated heterocycles. The first-order valence-corrected chi connectivity index (χ1v) is 12.0. The van der Waals surface area contributed by atoms with Crippen molar-refractivity contribution in [3.63, 3.8) is 0 Å². The van der Waals surface area contributed by atoms with E-state index in [1.807, 2.05) is 19.9 Å². The normalized spacial score (nSPS) is 19.8. The molecule has 1 aromatic carbocycles. The number of carbonyl (C=O) groups is 1. The Bertz CT molecular complexity index is 1060. The maximum Gasteiger partial charge on any atom is 0.262 e. The van der Waals surface area contributed by atoms with E-state index in [0.717, 1.165) is 0 Å². The second-order valence-corrected chi connectivity index (χ2v) is 11.0. The summed E-state index contributed by atoms with van der Waals surface area (Å²) in [5, 5.41) is 0.547. The largest absolute Gasteiger partial charge is 0.341 e. The Balaban J connectivity index is 1.88. The number of hydrogen-bond donors (Lipinski definition) is 0. The van der Waals surface area contributed by atoms with Crippen molar-refractivity contribution in [2.24, 2.45) is 0 Å². The van der Waals surface area contributed by atoms with Crippen LogP contribution in [0.25, 0.3) is 10.9 Å². The maximum absolute atomic E-state index is 12.9. The summed E-state index contributed by atoms with van der Waals surface area (Å²) in [5.41, 5.74) is 0.472. The molecule has 0 bridgehead atoms. The SMILES string of the molecule is CC(C)n1c(S[C@@H](C)C(=O)N(C)[C@@H]2CCS(=O)(=O)C2)nc2ccccc2c1=O. The summed E-state index contributed by atoms with van der Waals surface area (Å²) in [5.74, 6) is -0.0298. The van der Waals surface area contributed by atoms with E-state index in [9.17, 15) is 18.0 Å². The van der Waals surface area contributed by atoms with Crippen LogP contribution in [0.5, 0.6) is 0 Å². The molecule has 152 valence electrons. The van der Waals surface area contributed by atoms with Gasteiger partial charge in [-0.15, -0.1) is 0 Å². The Hall–Kier alpha value is -1.87. The Morgan fingerprint density at radius 2 is 1.96 bits per heavy atom. The average Bonchev–Trinajstić information content (AvgIpc) is 3.00. The van der Waals surface area contributed by atoms with E-state index < -0.39 is 15.1 Å². The van der Waals surface area contributed by atoms with Crippen molar-refractivity contribution in [1.82, 2.24) is 14.5 Å². The number of fused-ring (bicyclic) bond motifs is 1. The van der Waals surface area contributed by atoms with Crippen molar-refractivity contribution >= 4 is 38.4 Å². The van der Waals surface area contributed by atoms with E-state index in [1.54, 1.807) is 36.7 Å². The number of sulfone groups is 1. The molecule has 9 heteroatoms. The van der Waals surface area contributed by atoms with Gasteiger partial charge in [-0.2, -0.15) is 0 Å². The first kappa shape index (κ1) is 20.9. The Morgan fingerprint density at radius 3 is 2.57 bits per heavy atom.